The van der Waals surface area contributed by atoms with E-state index in [2.05, 4.69) is 4.98 Å². The third-order valence-corrected chi connectivity index (χ3v) is 3.57. The predicted molar refractivity (Wildman–Crippen MR) is 72.8 cm³/mol. The molecule has 0 saturated carbocycles. The number of aliphatic carboxylic acids is 1. The van der Waals surface area contributed by atoms with E-state index >= 15 is 0 Å². The van der Waals surface area contributed by atoms with Crippen LogP contribution in [0.1, 0.15) is 37.4 Å². The van der Waals surface area contributed by atoms with E-state index in [0.717, 1.165) is 22.2 Å². The lowest BCUT2D eigenvalue weighted by molar-refractivity contribution is -0.137. The quantitative estimate of drug-likeness (QED) is 0.880. The molecule has 0 fully saturated rings. The maximum absolute atomic E-state index is 13.4. The molecule has 1 heterocycles. The van der Waals surface area contributed by atoms with Crippen LogP contribution in [0.4, 0.5) is 4.39 Å². The SMILES string of the molecule is Cc1[nH]c2ccc(F)cc2c1C(CC(=O)O)C(C)C. The molecule has 1 aromatic carbocycles. The van der Waals surface area contributed by atoms with Crippen LogP contribution >= 0.6 is 0 Å². The summed E-state index contributed by atoms with van der Waals surface area (Å²) in [7, 11) is 0. The van der Waals surface area contributed by atoms with Gasteiger partial charge in [0.15, 0.2) is 0 Å². The molecule has 19 heavy (non-hydrogen) atoms. The molecule has 0 radical (unpaired) electrons. The normalized spacial score (nSPS) is 13.1. The van der Waals surface area contributed by atoms with Crippen LogP contribution in [0.15, 0.2) is 18.2 Å². The standard InChI is InChI=1S/C15H18FNO2/c1-8(2)11(7-14(18)19)15-9(3)17-13-5-4-10(16)6-12(13)15/h4-6,8,11,17H,7H2,1-3H3,(H,18,19). The summed E-state index contributed by atoms with van der Waals surface area (Å²) >= 11 is 0. The zero-order valence-corrected chi connectivity index (χ0v) is 11.3. The van der Waals surface area contributed by atoms with Gasteiger partial charge in [0.25, 0.3) is 0 Å². The summed E-state index contributed by atoms with van der Waals surface area (Å²) in [5, 5.41) is 9.85. The highest BCUT2D eigenvalue weighted by Gasteiger charge is 2.24. The number of aromatic amines is 1. The minimum Gasteiger partial charge on any atom is -0.481 e. The largest absolute Gasteiger partial charge is 0.481 e. The molecule has 1 unspecified atom stereocenters. The highest BCUT2D eigenvalue weighted by molar-refractivity contribution is 5.86. The molecule has 4 heteroatoms. The van der Waals surface area contributed by atoms with Gasteiger partial charge in [0.2, 0.25) is 0 Å². The third-order valence-electron chi connectivity index (χ3n) is 3.57. The van der Waals surface area contributed by atoms with E-state index in [1.54, 1.807) is 6.07 Å². The van der Waals surface area contributed by atoms with Crippen molar-refractivity contribution in [3.05, 3.63) is 35.3 Å². The Kier molecular flexibility index (Phi) is 3.60. The molecule has 2 aromatic rings. The van der Waals surface area contributed by atoms with E-state index < -0.39 is 5.97 Å². The molecule has 0 spiro atoms. The maximum atomic E-state index is 13.4. The van der Waals surface area contributed by atoms with Crippen molar-refractivity contribution in [3.8, 4) is 0 Å². The number of rotatable bonds is 4. The van der Waals surface area contributed by atoms with Gasteiger partial charge in [0, 0.05) is 16.6 Å². The maximum Gasteiger partial charge on any atom is 0.303 e. The Morgan fingerprint density at radius 3 is 2.68 bits per heavy atom. The molecular weight excluding hydrogens is 245 g/mol. The summed E-state index contributed by atoms with van der Waals surface area (Å²) in [6.07, 6.45) is 0.0575. The third kappa shape index (κ3) is 2.62. The fourth-order valence-electron chi connectivity index (χ4n) is 2.66. The van der Waals surface area contributed by atoms with Gasteiger partial charge in [-0.25, -0.2) is 4.39 Å². The smallest absolute Gasteiger partial charge is 0.303 e. The minimum atomic E-state index is -0.830. The number of aryl methyl sites for hydroxylation is 1. The molecular formula is C15H18FNO2. The van der Waals surface area contributed by atoms with Crippen molar-refractivity contribution < 1.29 is 14.3 Å². The van der Waals surface area contributed by atoms with Gasteiger partial charge in [-0.15, -0.1) is 0 Å². The summed E-state index contributed by atoms with van der Waals surface area (Å²) in [6.45, 7) is 5.89. The minimum absolute atomic E-state index is 0.0575. The molecule has 0 saturated heterocycles. The first-order valence-corrected chi connectivity index (χ1v) is 6.39. The number of nitrogens with one attached hydrogen (secondary N) is 1. The van der Waals surface area contributed by atoms with Gasteiger partial charge < -0.3 is 10.1 Å². The lowest BCUT2D eigenvalue weighted by Gasteiger charge is -2.19. The number of carbonyl (C=O) groups is 1. The Labute approximate surface area is 111 Å². The molecule has 0 aliphatic heterocycles. The monoisotopic (exact) mass is 263 g/mol. The van der Waals surface area contributed by atoms with E-state index in [9.17, 15) is 9.18 Å². The molecule has 0 aliphatic rings. The summed E-state index contributed by atoms with van der Waals surface area (Å²) in [4.78, 5) is 14.2. The van der Waals surface area contributed by atoms with Crippen LogP contribution in [0, 0.1) is 18.7 Å². The summed E-state index contributed by atoms with van der Waals surface area (Å²) < 4.78 is 13.4. The summed E-state index contributed by atoms with van der Waals surface area (Å²) in [6, 6.07) is 4.58. The number of carboxylic acids is 1. The molecule has 2 N–H and O–H groups in total. The number of H-pyrrole nitrogens is 1. The van der Waals surface area contributed by atoms with Crippen LogP contribution in [-0.4, -0.2) is 16.1 Å². The Morgan fingerprint density at radius 2 is 2.11 bits per heavy atom. The zero-order chi connectivity index (χ0) is 14.2. The van der Waals surface area contributed by atoms with Crippen molar-refractivity contribution in [1.82, 2.24) is 4.98 Å². The molecule has 3 nitrogen and oxygen atoms in total. The Morgan fingerprint density at radius 1 is 1.42 bits per heavy atom. The van der Waals surface area contributed by atoms with Crippen molar-refractivity contribution in [3.63, 3.8) is 0 Å². The fraction of sp³-hybridized carbons (Fsp3) is 0.400. The molecule has 1 aromatic heterocycles. The number of hydrogen-bond acceptors (Lipinski definition) is 1. The first kappa shape index (κ1) is 13.6. The highest BCUT2D eigenvalue weighted by atomic mass is 19.1. The van der Waals surface area contributed by atoms with Gasteiger partial charge in [0.1, 0.15) is 5.82 Å². The number of hydrogen-bond donors (Lipinski definition) is 2. The van der Waals surface area contributed by atoms with Crippen LogP contribution in [-0.2, 0) is 4.79 Å². The Balaban J connectivity index is 2.61. The second kappa shape index (κ2) is 5.03. The van der Waals surface area contributed by atoms with Crippen LogP contribution in [0.5, 0.6) is 0 Å². The van der Waals surface area contributed by atoms with Gasteiger partial charge in [-0.2, -0.15) is 0 Å². The van der Waals surface area contributed by atoms with E-state index in [0.29, 0.717) is 0 Å². The first-order chi connectivity index (χ1) is 8.90. The second-order valence-electron chi connectivity index (χ2n) is 5.30. The summed E-state index contributed by atoms with van der Waals surface area (Å²) in [5.74, 6) is -1.07. The number of halogens is 1. The average Bonchev–Trinajstić information content (AvgIpc) is 2.61. The van der Waals surface area contributed by atoms with Crippen LogP contribution in [0.2, 0.25) is 0 Å². The first-order valence-electron chi connectivity index (χ1n) is 6.39. The number of aromatic nitrogens is 1. The molecule has 102 valence electrons. The van der Waals surface area contributed by atoms with Crippen molar-refractivity contribution in [2.45, 2.75) is 33.1 Å². The van der Waals surface area contributed by atoms with Gasteiger partial charge in [-0.05, 0) is 42.5 Å². The lowest BCUT2D eigenvalue weighted by atomic mass is 9.84. The molecule has 1 atom stereocenters. The van der Waals surface area contributed by atoms with Crippen LogP contribution in [0.3, 0.4) is 0 Å². The second-order valence-corrected chi connectivity index (χ2v) is 5.30. The van der Waals surface area contributed by atoms with E-state index in [1.807, 2.05) is 20.8 Å². The number of carboxylic acid groups (broad SMARTS) is 1. The predicted octanol–water partition coefficient (Wildman–Crippen LogP) is 3.83. The Hall–Kier alpha value is -1.84. The van der Waals surface area contributed by atoms with Crippen molar-refractivity contribution in [1.29, 1.82) is 0 Å². The van der Waals surface area contributed by atoms with Gasteiger partial charge in [0.05, 0.1) is 6.42 Å². The molecule has 2 rings (SSSR count). The van der Waals surface area contributed by atoms with E-state index in [-0.39, 0.29) is 24.1 Å². The van der Waals surface area contributed by atoms with Crippen LogP contribution in [0.25, 0.3) is 10.9 Å². The van der Waals surface area contributed by atoms with E-state index in [1.165, 1.54) is 12.1 Å². The average molecular weight is 263 g/mol. The van der Waals surface area contributed by atoms with Crippen molar-refractivity contribution in [2.75, 3.05) is 0 Å². The van der Waals surface area contributed by atoms with Gasteiger partial charge in [-0.3, -0.25) is 4.79 Å². The number of benzene rings is 1. The highest BCUT2D eigenvalue weighted by Crippen LogP contribution is 2.36. The number of fused-ring (bicyclic) bond motifs is 1. The summed E-state index contributed by atoms with van der Waals surface area (Å²) in [5.41, 5.74) is 2.69. The lowest BCUT2D eigenvalue weighted by Crippen LogP contribution is -2.13. The Bertz CT molecular complexity index is 616. The fourth-order valence-corrected chi connectivity index (χ4v) is 2.66. The van der Waals surface area contributed by atoms with E-state index in [4.69, 9.17) is 5.11 Å². The van der Waals surface area contributed by atoms with Crippen molar-refractivity contribution >= 4 is 16.9 Å². The zero-order valence-electron chi connectivity index (χ0n) is 11.3. The van der Waals surface area contributed by atoms with Gasteiger partial charge in [-0.1, -0.05) is 13.8 Å². The van der Waals surface area contributed by atoms with Crippen LogP contribution < -0.4 is 0 Å². The molecule has 0 bridgehead atoms. The molecule has 0 amide bonds. The van der Waals surface area contributed by atoms with Crippen molar-refractivity contribution in [2.24, 2.45) is 5.92 Å². The topological polar surface area (TPSA) is 53.1 Å². The molecule has 0 aliphatic carbocycles. The van der Waals surface area contributed by atoms with Gasteiger partial charge >= 0.3 is 5.97 Å².